The van der Waals surface area contributed by atoms with Crippen LogP contribution in [0.5, 0.6) is 0 Å². The van der Waals surface area contributed by atoms with Gasteiger partial charge in [0.2, 0.25) is 5.95 Å². The Bertz CT molecular complexity index is 1070. The maximum Gasteiger partial charge on any atom is 0.227 e. The van der Waals surface area contributed by atoms with E-state index in [0.717, 1.165) is 60.8 Å². The molecule has 2 aliphatic heterocycles. The number of hydrogen-bond acceptors (Lipinski definition) is 6. The molecule has 1 aliphatic carbocycles. The quantitative estimate of drug-likeness (QED) is 0.664. The molecule has 2 aromatic heterocycles. The van der Waals surface area contributed by atoms with Crippen LogP contribution in [0.1, 0.15) is 43.2 Å². The van der Waals surface area contributed by atoms with Crippen molar-refractivity contribution in [3.63, 3.8) is 0 Å². The first-order valence-corrected chi connectivity index (χ1v) is 11.2. The first-order valence-electron chi connectivity index (χ1n) is 10.8. The number of anilines is 2. The molecular weight excluding hydrogens is 400 g/mol. The van der Waals surface area contributed by atoms with Crippen molar-refractivity contribution in [2.45, 2.75) is 43.7 Å². The zero-order chi connectivity index (χ0) is 20.1. The van der Waals surface area contributed by atoms with Crippen LogP contribution in [0, 0.1) is 0 Å². The second kappa shape index (κ2) is 7.48. The topological polar surface area (TPSA) is 68.1 Å². The molecule has 3 aromatic rings. The van der Waals surface area contributed by atoms with Crippen molar-refractivity contribution >= 4 is 34.1 Å². The predicted molar refractivity (Wildman–Crippen MR) is 116 cm³/mol. The fourth-order valence-corrected chi connectivity index (χ4v) is 4.85. The van der Waals surface area contributed by atoms with Crippen LogP contribution in [0.15, 0.2) is 30.7 Å². The number of fused-ring (bicyclic) bond motifs is 1. The van der Waals surface area contributed by atoms with E-state index in [1.165, 1.54) is 18.4 Å². The molecule has 0 atom stereocenters. The number of hydrogen-bond donors (Lipinski definition) is 1. The van der Waals surface area contributed by atoms with E-state index in [1.807, 2.05) is 29.3 Å². The summed E-state index contributed by atoms with van der Waals surface area (Å²) in [6, 6.07) is 5.34. The van der Waals surface area contributed by atoms with Gasteiger partial charge >= 0.3 is 0 Å². The van der Waals surface area contributed by atoms with E-state index < -0.39 is 0 Å². The number of piperidine rings is 1. The number of nitrogens with zero attached hydrogens (tertiary/aromatic N) is 5. The largest absolute Gasteiger partial charge is 0.378 e. The summed E-state index contributed by atoms with van der Waals surface area (Å²) in [5, 5.41) is 9.50. The SMILES string of the molecule is Clc1cc2cnc(Nc3cnn(C4CC4)c3)nc2cc1C1CCN(C2COC2)CC1. The summed E-state index contributed by atoms with van der Waals surface area (Å²) in [4.78, 5) is 11.8. The van der Waals surface area contributed by atoms with E-state index in [2.05, 4.69) is 26.4 Å². The Morgan fingerprint density at radius 3 is 2.60 bits per heavy atom. The lowest BCUT2D eigenvalue weighted by Crippen LogP contribution is -2.51. The molecule has 4 heterocycles. The van der Waals surface area contributed by atoms with Gasteiger partial charge in [-0.15, -0.1) is 0 Å². The van der Waals surface area contributed by atoms with E-state index in [9.17, 15) is 0 Å². The van der Waals surface area contributed by atoms with E-state index in [0.29, 0.717) is 23.9 Å². The van der Waals surface area contributed by atoms with Crippen molar-refractivity contribution in [3.05, 3.63) is 41.3 Å². The van der Waals surface area contributed by atoms with Crippen LogP contribution < -0.4 is 5.32 Å². The molecule has 8 heteroatoms. The number of halogens is 1. The molecule has 0 amide bonds. The Morgan fingerprint density at radius 2 is 1.87 bits per heavy atom. The average Bonchev–Trinajstić information content (AvgIpc) is 3.46. The minimum Gasteiger partial charge on any atom is -0.378 e. The fraction of sp³-hybridized carbons (Fsp3) is 0.500. The Hall–Kier alpha value is -2.22. The summed E-state index contributed by atoms with van der Waals surface area (Å²) in [6.07, 6.45) is 10.4. The summed E-state index contributed by atoms with van der Waals surface area (Å²) in [7, 11) is 0. The minimum absolute atomic E-state index is 0.474. The normalized spacial score (nSPS) is 21.1. The summed E-state index contributed by atoms with van der Waals surface area (Å²) in [6.45, 7) is 3.98. The second-order valence-corrected chi connectivity index (χ2v) is 9.10. The van der Waals surface area contributed by atoms with Crippen molar-refractivity contribution in [3.8, 4) is 0 Å². The Balaban J connectivity index is 1.21. The molecule has 1 saturated carbocycles. The van der Waals surface area contributed by atoms with E-state index >= 15 is 0 Å². The van der Waals surface area contributed by atoms with Crippen LogP contribution in [-0.4, -0.2) is 57.0 Å². The zero-order valence-electron chi connectivity index (χ0n) is 16.8. The summed E-state index contributed by atoms with van der Waals surface area (Å²) in [5.41, 5.74) is 3.05. The van der Waals surface area contributed by atoms with Gasteiger partial charge in [-0.1, -0.05) is 11.6 Å². The van der Waals surface area contributed by atoms with Gasteiger partial charge in [-0.25, -0.2) is 9.97 Å². The van der Waals surface area contributed by atoms with Gasteiger partial charge in [0, 0.05) is 22.8 Å². The molecule has 7 nitrogen and oxygen atoms in total. The van der Waals surface area contributed by atoms with E-state index in [1.54, 1.807) is 0 Å². The zero-order valence-corrected chi connectivity index (χ0v) is 17.6. The van der Waals surface area contributed by atoms with Crippen LogP contribution in [0.25, 0.3) is 10.9 Å². The highest BCUT2D eigenvalue weighted by Gasteiger charge is 2.30. The molecule has 0 bridgehead atoms. The molecule has 0 unspecified atom stereocenters. The van der Waals surface area contributed by atoms with Crippen LogP contribution in [-0.2, 0) is 4.74 Å². The number of aromatic nitrogens is 4. The molecule has 156 valence electrons. The van der Waals surface area contributed by atoms with Crippen molar-refractivity contribution in [2.24, 2.45) is 0 Å². The predicted octanol–water partition coefficient (Wildman–Crippen LogP) is 4.14. The molecule has 0 radical (unpaired) electrons. The summed E-state index contributed by atoms with van der Waals surface area (Å²) in [5.74, 6) is 1.06. The van der Waals surface area contributed by atoms with Crippen molar-refractivity contribution in [1.82, 2.24) is 24.6 Å². The number of rotatable bonds is 5. The first kappa shape index (κ1) is 18.5. The lowest BCUT2D eigenvalue weighted by molar-refractivity contribution is -0.0712. The van der Waals surface area contributed by atoms with Gasteiger partial charge in [-0.3, -0.25) is 9.58 Å². The number of benzene rings is 1. The summed E-state index contributed by atoms with van der Waals surface area (Å²) >= 11 is 6.67. The molecule has 2 saturated heterocycles. The third kappa shape index (κ3) is 3.55. The molecule has 1 N–H and O–H groups in total. The standard InChI is InChI=1S/C22H25ClN6O/c23-20-7-15-9-24-22(26-16-10-25-29(11-16)17-1-2-17)27-21(15)8-19(20)14-3-5-28(6-4-14)18-12-30-13-18/h7-11,14,17-18H,1-6,12-13H2,(H,24,26,27). The van der Waals surface area contributed by atoms with Gasteiger partial charge in [0.05, 0.1) is 42.7 Å². The van der Waals surface area contributed by atoms with Crippen LogP contribution in [0.4, 0.5) is 11.6 Å². The first-order chi connectivity index (χ1) is 14.7. The highest BCUT2D eigenvalue weighted by Crippen LogP contribution is 2.37. The van der Waals surface area contributed by atoms with Crippen molar-refractivity contribution < 1.29 is 4.74 Å². The maximum absolute atomic E-state index is 6.67. The van der Waals surface area contributed by atoms with Crippen LogP contribution in [0.2, 0.25) is 5.02 Å². The highest BCUT2D eigenvalue weighted by atomic mass is 35.5. The molecule has 1 aromatic carbocycles. The number of ether oxygens (including phenoxy) is 1. The second-order valence-electron chi connectivity index (χ2n) is 8.69. The van der Waals surface area contributed by atoms with Gasteiger partial charge in [0.15, 0.2) is 0 Å². The van der Waals surface area contributed by atoms with Crippen LogP contribution in [0.3, 0.4) is 0 Å². The number of likely N-dealkylation sites (tertiary alicyclic amines) is 1. The van der Waals surface area contributed by atoms with Gasteiger partial charge < -0.3 is 10.1 Å². The van der Waals surface area contributed by atoms with Gasteiger partial charge in [-0.05, 0) is 62.4 Å². The maximum atomic E-state index is 6.67. The molecule has 30 heavy (non-hydrogen) atoms. The highest BCUT2D eigenvalue weighted by molar-refractivity contribution is 6.32. The third-order valence-electron chi connectivity index (χ3n) is 6.58. The lowest BCUT2D eigenvalue weighted by atomic mass is 9.88. The van der Waals surface area contributed by atoms with Crippen molar-refractivity contribution in [2.75, 3.05) is 31.6 Å². The monoisotopic (exact) mass is 424 g/mol. The molecule has 6 rings (SSSR count). The molecule has 0 spiro atoms. The average molecular weight is 425 g/mol. The summed E-state index contributed by atoms with van der Waals surface area (Å²) < 4.78 is 7.37. The van der Waals surface area contributed by atoms with Crippen molar-refractivity contribution in [1.29, 1.82) is 0 Å². The molecule has 3 fully saturated rings. The van der Waals surface area contributed by atoms with Gasteiger partial charge in [0.25, 0.3) is 0 Å². The Morgan fingerprint density at radius 1 is 1.03 bits per heavy atom. The van der Waals surface area contributed by atoms with Gasteiger partial charge in [0.1, 0.15) is 0 Å². The molecular formula is C22H25ClN6O. The third-order valence-corrected chi connectivity index (χ3v) is 6.91. The van der Waals surface area contributed by atoms with E-state index in [-0.39, 0.29) is 0 Å². The lowest BCUT2D eigenvalue weighted by Gasteiger charge is -2.41. The fourth-order valence-electron chi connectivity index (χ4n) is 4.52. The van der Waals surface area contributed by atoms with Crippen LogP contribution >= 0.6 is 11.6 Å². The van der Waals surface area contributed by atoms with E-state index in [4.69, 9.17) is 21.3 Å². The smallest absolute Gasteiger partial charge is 0.227 e. The number of nitrogens with one attached hydrogen (secondary N) is 1. The Labute approximate surface area is 180 Å². The Kier molecular flexibility index (Phi) is 4.62. The molecule has 3 aliphatic rings. The minimum atomic E-state index is 0.474. The van der Waals surface area contributed by atoms with Gasteiger partial charge in [-0.2, -0.15) is 5.10 Å².